The van der Waals surface area contributed by atoms with Crippen molar-refractivity contribution in [2.75, 3.05) is 0 Å². The summed E-state index contributed by atoms with van der Waals surface area (Å²) < 4.78 is 2.41. The highest BCUT2D eigenvalue weighted by Crippen LogP contribution is 2.23. The fourth-order valence-electron chi connectivity index (χ4n) is 2.94. The van der Waals surface area contributed by atoms with E-state index in [0.29, 0.717) is 0 Å². The molecule has 1 heterocycles. The number of benzene rings is 1. The molecule has 2 nitrogen and oxygen atoms in total. The van der Waals surface area contributed by atoms with E-state index in [9.17, 15) is 0 Å². The van der Waals surface area contributed by atoms with Crippen molar-refractivity contribution < 1.29 is 0 Å². The van der Waals surface area contributed by atoms with Gasteiger partial charge in [-0.3, -0.25) is 0 Å². The summed E-state index contributed by atoms with van der Waals surface area (Å²) in [5.74, 6) is 1.17. The second-order valence-electron chi connectivity index (χ2n) is 5.33. The number of fused-ring (bicyclic) bond motifs is 1. The molecule has 1 aromatic carbocycles. The van der Waals surface area contributed by atoms with E-state index in [1.165, 1.54) is 47.6 Å². The van der Waals surface area contributed by atoms with Gasteiger partial charge in [0.25, 0.3) is 0 Å². The molecule has 0 radical (unpaired) electrons. The molecule has 0 fully saturated rings. The van der Waals surface area contributed by atoms with Crippen molar-refractivity contribution in [3.63, 3.8) is 0 Å². The molecule has 94 valence electrons. The number of aryl methyl sites for hydroxylation is 3. The van der Waals surface area contributed by atoms with E-state index >= 15 is 0 Å². The molecule has 1 aliphatic rings. The van der Waals surface area contributed by atoms with Crippen LogP contribution in [0.25, 0.3) is 0 Å². The summed E-state index contributed by atoms with van der Waals surface area (Å²) in [6.07, 6.45) is 4.97. The zero-order valence-electron chi connectivity index (χ0n) is 11.2. The van der Waals surface area contributed by atoms with Crippen LogP contribution in [-0.2, 0) is 19.4 Å². The SMILES string of the molecule is Cc1cccc(Cn2c(C)nc3c2CCCC3)c1. The minimum atomic E-state index is 0.968. The van der Waals surface area contributed by atoms with Crippen LogP contribution in [0.5, 0.6) is 0 Å². The van der Waals surface area contributed by atoms with Gasteiger partial charge in [-0.2, -0.15) is 0 Å². The molecule has 2 aromatic rings. The van der Waals surface area contributed by atoms with Crippen molar-refractivity contribution in [2.24, 2.45) is 0 Å². The van der Waals surface area contributed by atoms with Gasteiger partial charge in [0.05, 0.1) is 5.69 Å². The van der Waals surface area contributed by atoms with E-state index in [2.05, 4.69) is 42.7 Å². The van der Waals surface area contributed by atoms with Gasteiger partial charge in [-0.25, -0.2) is 4.98 Å². The van der Waals surface area contributed by atoms with Crippen molar-refractivity contribution >= 4 is 0 Å². The minimum absolute atomic E-state index is 0.968. The molecule has 1 aliphatic carbocycles. The second-order valence-corrected chi connectivity index (χ2v) is 5.33. The van der Waals surface area contributed by atoms with Gasteiger partial charge in [-0.1, -0.05) is 29.8 Å². The molecule has 0 saturated carbocycles. The maximum Gasteiger partial charge on any atom is 0.106 e. The van der Waals surface area contributed by atoms with Gasteiger partial charge in [0, 0.05) is 12.2 Å². The van der Waals surface area contributed by atoms with Crippen LogP contribution >= 0.6 is 0 Å². The molecule has 0 saturated heterocycles. The largest absolute Gasteiger partial charge is 0.328 e. The van der Waals surface area contributed by atoms with Crippen LogP contribution < -0.4 is 0 Å². The molecule has 0 bridgehead atoms. The molecule has 0 aliphatic heterocycles. The van der Waals surface area contributed by atoms with E-state index in [0.717, 1.165) is 13.0 Å². The average molecular weight is 240 g/mol. The summed E-state index contributed by atoms with van der Waals surface area (Å²) in [7, 11) is 0. The first kappa shape index (κ1) is 11.5. The highest BCUT2D eigenvalue weighted by atomic mass is 15.1. The van der Waals surface area contributed by atoms with Crippen LogP contribution in [-0.4, -0.2) is 9.55 Å². The topological polar surface area (TPSA) is 17.8 Å². The maximum atomic E-state index is 4.73. The molecular weight excluding hydrogens is 220 g/mol. The fourth-order valence-corrected chi connectivity index (χ4v) is 2.94. The highest BCUT2D eigenvalue weighted by molar-refractivity contribution is 5.26. The maximum absolute atomic E-state index is 4.73. The number of hydrogen-bond acceptors (Lipinski definition) is 1. The van der Waals surface area contributed by atoms with E-state index < -0.39 is 0 Å². The molecular formula is C16H20N2. The first-order chi connectivity index (χ1) is 8.74. The van der Waals surface area contributed by atoms with Crippen LogP contribution in [0.3, 0.4) is 0 Å². The van der Waals surface area contributed by atoms with Crippen LogP contribution in [0.15, 0.2) is 24.3 Å². The predicted molar refractivity (Wildman–Crippen MR) is 73.9 cm³/mol. The van der Waals surface area contributed by atoms with E-state index in [-0.39, 0.29) is 0 Å². The lowest BCUT2D eigenvalue weighted by molar-refractivity contribution is 0.624. The molecule has 2 heteroatoms. The number of aromatic nitrogens is 2. The Kier molecular flexibility index (Phi) is 2.94. The molecule has 3 rings (SSSR count). The zero-order chi connectivity index (χ0) is 12.5. The number of imidazole rings is 1. The van der Waals surface area contributed by atoms with E-state index in [1.807, 2.05) is 0 Å². The summed E-state index contributed by atoms with van der Waals surface area (Å²) in [5, 5.41) is 0. The molecule has 0 atom stereocenters. The Morgan fingerprint density at radius 1 is 1.17 bits per heavy atom. The van der Waals surface area contributed by atoms with Gasteiger partial charge in [-0.15, -0.1) is 0 Å². The van der Waals surface area contributed by atoms with Crippen molar-refractivity contribution in [1.29, 1.82) is 0 Å². The van der Waals surface area contributed by atoms with Crippen molar-refractivity contribution in [3.8, 4) is 0 Å². The minimum Gasteiger partial charge on any atom is -0.328 e. The summed E-state index contributed by atoms with van der Waals surface area (Å²) >= 11 is 0. The standard InChI is InChI=1S/C16H20N2/c1-12-6-5-7-14(10-12)11-18-13(2)17-15-8-3-4-9-16(15)18/h5-7,10H,3-4,8-9,11H2,1-2H3. The van der Waals surface area contributed by atoms with E-state index in [1.54, 1.807) is 0 Å². The molecule has 0 amide bonds. The first-order valence-electron chi connectivity index (χ1n) is 6.84. The van der Waals surface area contributed by atoms with Crippen LogP contribution in [0.4, 0.5) is 0 Å². The predicted octanol–water partition coefficient (Wildman–Crippen LogP) is 3.43. The lowest BCUT2D eigenvalue weighted by Gasteiger charge is -2.15. The number of nitrogens with zero attached hydrogens (tertiary/aromatic N) is 2. The first-order valence-corrected chi connectivity index (χ1v) is 6.84. The lowest BCUT2D eigenvalue weighted by atomic mass is 10.0. The summed E-state index contributed by atoms with van der Waals surface area (Å²) in [4.78, 5) is 4.73. The highest BCUT2D eigenvalue weighted by Gasteiger charge is 2.17. The Hall–Kier alpha value is -1.57. The van der Waals surface area contributed by atoms with Gasteiger partial charge in [0.2, 0.25) is 0 Å². The van der Waals surface area contributed by atoms with Gasteiger partial charge >= 0.3 is 0 Å². The summed E-state index contributed by atoms with van der Waals surface area (Å²) in [6, 6.07) is 8.78. The molecule has 0 spiro atoms. The van der Waals surface area contributed by atoms with Crippen LogP contribution in [0.2, 0.25) is 0 Å². The van der Waals surface area contributed by atoms with Crippen molar-refractivity contribution in [1.82, 2.24) is 9.55 Å². The second kappa shape index (κ2) is 4.60. The average Bonchev–Trinajstić information content (AvgIpc) is 2.66. The van der Waals surface area contributed by atoms with Crippen LogP contribution in [0, 0.1) is 13.8 Å². The third-order valence-electron chi connectivity index (χ3n) is 3.85. The molecule has 0 unspecified atom stereocenters. The Labute approximate surface area is 109 Å². The normalized spacial score (nSPS) is 14.6. The monoisotopic (exact) mass is 240 g/mol. The van der Waals surface area contributed by atoms with Crippen LogP contribution in [0.1, 0.15) is 41.2 Å². The van der Waals surface area contributed by atoms with Crippen molar-refractivity contribution in [3.05, 3.63) is 52.6 Å². The molecule has 1 aromatic heterocycles. The molecule has 18 heavy (non-hydrogen) atoms. The zero-order valence-corrected chi connectivity index (χ0v) is 11.2. The Bertz CT molecular complexity index is 566. The Balaban J connectivity index is 1.95. The van der Waals surface area contributed by atoms with Gasteiger partial charge in [-0.05, 0) is 45.1 Å². The quantitative estimate of drug-likeness (QED) is 0.786. The summed E-state index contributed by atoms with van der Waals surface area (Å²) in [6.45, 7) is 5.25. The van der Waals surface area contributed by atoms with Gasteiger partial charge in [0.15, 0.2) is 0 Å². The lowest BCUT2D eigenvalue weighted by Crippen LogP contribution is -2.10. The van der Waals surface area contributed by atoms with Gasteiger partial charge < -0.3 is 4.57 Å². The van der Waals surface area contributed by atoms with Gasteiger partial charge in [0.1, 0.15) is 5.82 Å². The fraction of sp³-hybridized carbons (Fsp3) is 0.438. The Morgan fingerprint density at radius 2 is 2.00 bits per heavy atom. The smallest absolute Gasteiger partial charge is 0.106 e. The van der Waals surface area contributed by atoms with E-state index in [4.69, 9.17) is 4.98 Å². The number of hydrogen-bond donors (Lipinski definition) is 0. The number of rotatable bonds is 2. The Morgan fingerprint density at radius 3 is 2.83 bits per heavy atom. The molecule has 0 N–H and O–H groups in total. The summed E-state index contributed by atoms with van der Waals surface area (Å²) in [5.41, 5.74) is 5.52. The van der Waals surface area contributed by atoms with Crippen molar-refractivity contribution in [2.45, 2.75) is 46.1 Å². The third kappa shape index (κ3) is 2.07. The third-order valence-corrected chi connectivity index (χ3v) is 3.85.